The van der Waals surface area contributed by atoms with Gasteiger partial charge in [-0.1, -0.05) is 33.6 Å². The molecule has 0 atom stereocenters. The van der Waals surface area contributed by atoms with Gasteiger partial charge in [0, 0.05) is 15.6 Å². The molecular weight excluding hydrogens is 374 g/mol. The average molecular weight is 390 g/mol. The molecule has 0 bridgehead atoms. The molecule has 2 aromatic carbocycles. The molecule has 24 heavy (non-hydrogen) atoms. The van der Waals surface area contributed by atoms with Gasteiger partial charge in [-0.25, -0.2) is 5.43 Å². The number of phenols is 1. The summed E-state index contributed by atoms with van der Waals surface area (Å²) >= 11 is 3.28. The van der Waals surface area contributed by atoms with Gasteiger partial charge in [-0.2, -0.15) is 5.10 Å². The lowest BCUT2D eigenvalue weighted by molar-refractivity contribution is -0.120. The Morgan fingerprint density at radius 2 is 1.92 bits per heavy atom. The topological polar surface area (TPSA) is 90.8 Å². The standard InChI is InChI=1S/C17H16BrN3O3/c1-11-2-4-12(5-3-11)17(24)19-10-16(23)21-20-9-13-8-14(18)6-7-15(13)22/h2-9,22H,10H2,1H3,(H,19,24)(H,21,23). The summed E-state index contributed by atoms with van der Waals surface area (Å²) < 4.78 is 0.776. The number of hydrazone groups is 1. The molecule has 0 saturated heterocycles. The van der Waals surface area contributed by atoms with Gasteiger partial charge < -0.3 is 10.4 Å². The first-order chi connectivity index (χ1) is 11.5. The Kier molecular flexibility index (Phi) is 6.08. The number of rotatable bonds is 5. The number of halogens is 1. The second-order valence-electron chi connectivity index (χ2n) is 5.05. The molecule has 0 spiro atoms. The molecule has 0 aromatic heterocycles. The van der Waals surface area contributed by atoms with Crippen molar-refractivity contribution in [2.24, 2.45) is 5.10 Å². The minimum Gasteiger partial charge on any atom is -0.507 e. The molecule has 2 amide bonds. The van der Waals surface area contributed by atoms with E-state index < -0.39 is 5.91 Å². The number of phenolic OH excluding ortho intramolecular Hbond substituents is 1. The van der Waals surface area contributed by atoms with Crippen molar-refractivity contribution in [1.29, 1.82) is 0 Å². The summed E-state index contributed by atoms with van der Waals surface area (Å²) in [6.45, 7) is 1.73. The van der Waals surface area contributed by atoms with E-state index >= 15 is 0 Å². The molecule has 0 heterocycles. The first-order valence-electron chi connectivity index (χ1n) is 7.11. The molecule has 3 N–H and O–H groups in total. The van der Waals surface area contributed by atoms with Crippen LogP contribution >= 0.6 is 15.9 Å². The maximum absolute atomic E-state index is 11.9. The van der Waals surface area contributed by atoms with E-state index in [-0.39, 0.29) is 18.2 Å². The molecule has 2 rings (SSSR count). The van der Waals surface area contributed by atoms with E-state index in [9.17, 15) is 14.7 Å². The van der Waals surface area contributed by atoms with Crippen LogP contribution in [0.4, 0.5) is 0 Å². The van der Waals surface area contributed by atoms with Crippen molar-refractivity contribution in [3.8, 4) is 5.75 Å². The number of aromatic hydroxyl groups is 1. The van der Waals surface area contributed by atoms with Crippen molar-refractivity contribution in [3.05, 3.63) is 63.6 Å². The second kappa shape index (κ2) is 8.26. The highest BCUT2D eigenvalue weighted by atomic mass is 79.9. The van der Waals surface area contributed by atoms with Crippen LogP contribution in [0, 0.1) is 6.92 Å². The summed E-state index contributed by atoms with van der Waals surface area (Å²) in [5.41, 5.74) is 4.27. The van der Waals surface area contributed by atoms with Crippen molar-refractivity contribution < 1.29 is 14.7 Å². The Morgan fingerprint density at radius 1 is 1.21 bits per heavy atom. The van der Waals surface area contributed by atoms with Crippen LogP contribution in [0.15, 0.2) is 52.0 Å². The Bertz CT molecular complexity index is 773. The van der Waals surface area contributed by atoms with Crippen LogP contribution in [0.5, 0.6) is 5.75 Å². The van der Waals surface area contributed by atoms with Gasteiger partial charge in [0.1, 0.15) is 5.75 Å². The fourth-order valence-corrected chi connectivity index (χ4v) is 2.19. The zero-order valence-corrected chi connectivity index (χ0v) is 14.5. The predicted molar refractivity (Wildman–Crippen MR) is 95.1 cm³/mol. The van der Waals surface area contributed by atoms with Crippen LogP contribution in [0.25, 0.3) is 0 Å². The van der Waals surface area contributed by atoms with Gasteiger partial charge in [-0.3, -0.25) is 9.59 Å². The normalized spacial score (nSPS) is 10.6. The molecule has 0 radical (unpaired) electrons. The van der Waals surface area contributed by atoms with Gasteiger partial charge >= 0.3 is 0 Å². The van der Waals surface area contributed by atoms with Gasteiger partial charge in [-0.05, 0) is 37.3 Å². The van der Waals surface area contributed by atoms with E-state index in [1.807, 2.05) is 19.1 Å². The van der Waals surface area contributed by atoms with Gasteiger partial charge in [-0.15, -0.1) is 0 Å². The van der Waals surface area contributed by atoms with Gasteiger partial charge in [0.15, 0.2) is 0 Å². The smallest absolute Gasteiger partial charge is 0.259 e. The fraction of sp³-hybridized carbons (Fsp3) is 0.118. The molecule has 0 aliphatic carbocycles. The summed E-state index contributed by atoms with van der Waals surface area (Å²) in [6, 6.07) is 11.9. The minimum atomic E-state index is -0.471. The van der Waals surface area contributed by atoms with Crippen molar-refractivity contribution >= 4 is 34.0 Å². The number of benzene rings is 2. The van der Waals surface area contributed by atoms with Gasteiger partial charge in [0.2, 0.25) is 0 Å². The second-order valence-corrected chi connectivity index (χ2v) is 5.96. The quantitative estimate of drug-likeness (QED) is 0.541. The Balaban J connectivity index is 1.83. The molecule has 6 nitrogen and oxygen atoms in total. The lowest BCUT2D eigenvalue weighted by atomic mass is 10.1. The molecule has 0 fully saturated rings. The molecule has 2 aromatic rings. The molecule has 0 unspecified atom stereocenters. The number of carbonyl (C=O) groups excluding carboxylic acids is 2. The van der Waals surface area contributed by atoms with E-state index in [0.717, 1.165) is 10.0 Å². The summed E-state index contributed by atoms with van der Waals surface area (Å²) in [6.07, 6.45) is 1.32. The number of nitrogens with zero attached hydrogens (tertiary/aromatic N) is 1. The van der Waals surface area contributed by atoms with Crippen LogP contribution in [0.2, 0.25) is 0 Å². The van der Waals surface area contributed by atoms with Crippen LogP contribution in [-0.2, 0) is 4.79 Å². The van der Waals surface area contributed by atoms with Crippen LogP contribution in [-0.4, -0.2) is 29.7 Å². The third-order valence-corrected chi connectivity index (χ3v) is 3.60. The fourth-order valence-electron chi connectivity index (χ4n) is 1.81. The monoisotopic (exact) mass is 389 g/mol. The zero-order valence-electron chi connectivity index (χ0n) is 12.9. The number of carbonyl (C=O) groups is 2. The minimum absolute atomic E-state index is 0.0453. The zero-order chi connectivity index (χ0) is 17.5. The Hall–Kier alpha value is -2.67. The van der Waals surface area contributed by atoms with E-state index in [1.54, 1.807) is 24.3 Å². The third-order valence-electron chi connectivity index (χ3n) is 3.11. The summed E-state index contributed by atoms with van der Waals surface area (Å²) in [7, 11) is 0. The van der Waals surface area contributed by atoms with Crippen molar-refractivity contribution in [2.45, 2.75) is 6.92 Å². The van der Waals surface area contributed by atoms with Crippen molar-refractivity contribution in [2.75, 3.05) is 6.54 Å². The SMILES string of the molecule is Cc1ccc(C(=O)NCC(=O)NN=Cc2cc(Br)ccc2O)cc1. The first-order valence-corrected chi connectivity index (χ1v) is 7.90. The lowest BCUT2D eigenvalue weighted by Gasteiger charge is -2.04. The van der Waals surface area contributed by atoms with Gasteiger partial charge in [0.05, 0.1) is 12.8 Å². The summed E-state index contributed by atoms with van der Waals surface area (Å²) in [5.74, 6) is -0.760. The molecule has 124 valence electrons. The molecular formula is C17H16BrN3O3. The predicted octanol–water partition coefficient (Wildman–Crippen LogP) is 2.34. The van der Waals surface area contributed by atoms with E-state index in [4.69, 9.17) is 0 Å². The molecule has 0 aliphatic rings. The summed E-state index contributed by atoms with van der Waals surface area (Å²) in [5, 5.41) is 15.9. The highest BCUT2D eigenvalue weighted by Crippen LogP contribution is 2.19. The van der Waals surface area contributed by atoms with Crippen molar-refractivity contribution in [3.63, 3.8) is 0 Å². The largest absolute Gasteiger partial charge is 0.507 e. The van der Waals surface area contributed by atoms with Gasteiger partial charge in [0.25, 0.3) is 11.8 Å². The van der Waals surface area contributed by atoms with Crippen LogP contribution in [0.3, 0.4) is 0 Å². The first kappa shape index (κ1) is 17.7. The highest BCUT2D eigenvalue weighted by molar-refractivity contribution is 9.10. The molecule has 0 aliphatic heterocycles. The van der Waals surface area contributed by atoms with E-state index in [2.05, 4.69) is 31.8 Å². The number of aryl methyl sites for hydroxylation is 1. The number of nitrogens with one attached hydrogen (secondary N) is 2. The summed E-state index contributed by atoms with van der Waals surface area (Å²) in [4.78, 5) is 23.5. The van der Waals surface area contributed by atoms with Crippen LogP contribution in [0.1, 0.15) is 21.5 Å². The Labute approximate surface area is 147 Å². The number of hydrogen-bond donors (Lipinski definition) is 3. The third kappa shape index (κ3) is 5.20. The number of hydrogen-bond acceptors (Lipinski definition) is 4. The molecule has 7 heteroatoms. The maximum atomic E-state index is 11.9. The maximum Gasteiger partial charge on any atom is 0.259 e. The average Bonchev–Trinajstić information content (AvgIpc) is 2.56. The highest BCUT2D eigenvalue weighted by Gasteiger charge is 2.07. The lowest BCUT2D eigenvalue weighted by Crippen LogP contribution is -2.34. The van der Waals surface area contributed by atoms with E-state index in [0.29, 0.717) is 11.1 Å². The number of amides is 2. The Morgan fingerprint density at radius 3 is 2.62 bits per heavy atom. The van der Waals surface area contributed by atoms with Crippen molar-refractivity contribution in [1.82, 2.24) is 10.7 Å². The van der Waals surface area contributed by atoms with Crippen LogP contribution < -0.4 is 10.7 Å². The van der Waals surface area contributed by atoms with E-state index in [1.165, 1.54) is 12.3 Å². The molecule has 0 saturated carbocycles.